The van der Waals surface area contributed by atoms with Gasteiger partial charge in [-0.25, -0.2) is 0 Å². The van der Waals surface area contributed by atoms with Crippen molar-refractivity contribution in [1.82, 2.24) is 4.90 Å². The van der Waals surface area contributed by atoms with Crippen molar-refractivity contribution in [3.8, 4) is 0 Å². The van der Waals surface area contributed by atoms with Crippen molar-refractivity contribution in [2.45, 2.75) is 25.9 Å². The molecule has 0 aromatic heterocycles. The van der Waals surface area contributed by atoms with Gasteiger partial charge >= 0.3 is 0 Å². The number of aliphatic hydroxyl groups is 1. The van der Waals surface area contributed by atoms with Gasteiger partial charge < -0.3 is 15.7 Å². The van der Waals surface area contributed by atoms with Gasteiger partial charge in [-0.2, -0.15) is 0 Å². The van der Waals surface area contributed by atoms with Crippen molar-refractivity contribution in [2.24, 2.45) is 0 Å². The standard InChI is InChI=1S/C13H18N2O2/c1-9-3-4-10(7-11(9)14)12(16)15-6-5-13(2,17)8-15/h3-4,7,17H,5-6,8,14H2,1-2H3. The first-order valence-corrected chi connectivity index (χ1v) is 5.77. The second kappa shape index (κ2) is 4.04. The molecular formula is C13H18N2O2. The minimum atomic E-state index is -0.758. The molecule has 4 heteroatoms. The number of anilines is 1. The Kier molecular flexibility index (Phi) is 2.83. The van der Waals surface area contributed by atoms with Gasteiger partial charge in [0.1, 0.15) is 0 Å². The predicted molar refractivity (Wildman–Crippen MR) is 66.7 cm³/mol. The molecular weight excluding hydrogens is 216 g/mol. The summed E-state index contributed by atoms with van der Waals surface area (Å²) < 4.78 is 0. The number of carbonyl (C=O) groups is 1. The maximum Gasteiger partial charge on any atom is 0.254 e. The van der Waals surface area contributed by atoms with Crippen LogP contribution in [0.4, 0.5) is 5.69 Å². The largest absolute Gasteiger partial charge is 0.398 e. The smallest absolute Gasteiger partial charge is 0.254 e. The van der Waals surface area contributed by atoms with Crippen molar-refractivity contribution in [1.29, 1.82) is 0 Å². The van der Waals surface area contributed by atoms with Gasteiger partial charge in [0.2, 0.25) is 0 Å². The number of nitrogens with two attached hydrogens (primary N) is 1. The summed E-state index contributed by atoms with van der Waals surface area (Å²) in [5.74, 6) is -0.0607. The van der Waals surface area contributed by atoms with E-state index in [4.69, 9.17) is 5.73 Å². The Morgan fingerprint density at radius 3 is 2.76 bits per heavy atom. The Hall–Kier alpha value is -1.55. The number of likely N-dealkylation sites (tertiary alicyclic amines) is 1. The molecule has 0 spiro atoms. The first kappa shape index (κ1) is 11.9. The van der Waals surface area contributed by atoms with Crippen LogP contribution < -0.4 is 5.73 Å². The third-order valence-electron chi connectivity index (χ3n) is 3.27. The number of nitrogen functional groups attached to an aromatic ring is 1. The van der Waals surface area contributed by atoms with Gasteiger partial charge in [0, 0.05) is 24.3 Å². The number of aryl methyl sites for hydroxylation is 1. The lowest BCUT2D eigenvalue weighted by Gasteiger charge is -2.19. The Morgan fingerprint density at radius 1 is 1.53 bits per heavy atom. The van der Waals surface area contributed by atoms with E-state index >= 15 is 0 Å². The fraction of sp³-hybridized carbons (Fsp3) is 0.462. The third kappa shape index (κ3) is 2.42. The van der Waals surface area contributed by atoms with Crippen LogP contribution in [0.5, 0.6) is 0 Å². The van der Waals surface area contributed by atoms with Crippen molar-refractivity contribution < 1.29 is 9.90 Å². The second-order valence-electron chi connectivity index (χ2n) is 5.05. The molecule has 1 aliphatic rings. The summed E-state index contributed by atoms with van der Waals surface area (Å²) in [5, 5.41) is 9.84. The van der Waals surface area contributed by atoms with E-state index in [-0.39, 0.29) is 5.91 Å². The topological polar surface area (TPSA) is 66.6 Å². The molecule has 0 radical (unpaired) electrons. The number of nitrogens with zero attached hydrogens (tertiary/aromatic N) is 1. The number of carbonyl (C=O) groups excluding carboxylic acids is 1. The van der Waals surface area contributed by atoms with E-state index in [1.165, 1.54) is 0 Å². The van der Waals surface area contributed by atoms with Crippen LogP contribution in [0.3, 0.4) is 0 Å². The molecule has 0 aliphatic carbocycles. The van der Waals surface area contributed by atoms with Crippen LogP contribution in [0.25, 0.3) is 0 Å². The Balaban J connectivity index is 2.18. The third-order valence-corrected chi connectivity index (χ3v) is 3.27. The van der Waals surface area contributed by atoms with Gasteiger partial charge in [-0.1, -0.05) is 6.07 Å². The van der Waals surface area contributed by atoms with E-state index in [0.717, 1.165) is 5.56 Å². The van der Waals surface area contributed by atoms with Gasteiger partial charge in [-0.3, -0.25) is 4.79 Å². The molecule has 2 rings (SSSR count). The summed E-state index contributed by atoms with van der Waals surface area (Å²) in [7, 11) is 0. The minimum absolute atomic E-state index is 0.0607. The highest BCUT2D eigenvalue weighted by atomic mass is 16.3. The molecule has 1 aliphatic heterocycles. The number of hydrogen-bond donors (Lipinski definition) is 2. The van der Waals surface area contributed by atoms with Crippen LogP contribution in [0.2, 0.25) is 0 Å². The zero-order valence-corrected chi connectivity index (χ0v) is 10.2. The first-order chi connectivity index (χ1) is 7.89. The van der Waals surface area contributed by atoms with Gasteiger partial charge in [0.05, 0.1) is 5.60 Å². The van der Waals surface area contributed by atoms with E-state index in [2.05, 4.69) is 0 Å². The number of β-amino-alcohol motifs (C(OH)–C–C–N with tert-alkyl or cyclic N) is 1. The van der Waals surface area contributed by atoms with Gasteiger partial charge in [-0.15, -0.1) is 0 Å². The van der Waals surface area contributed by atoms with Crippen LogP contribution >= 0.6 is 0 Å². The number of rotatable bonds is 1. The summed E-state index contributed by atoms with van der Waals surface area (Å²) in [5.41, 5.74) is 7.22. The van der Waals surface area contributed by atoms with Crippen molar-refractivity contribution in [2.75, 3.05) is 18.8 Å². The highest BCUT2D eigenvalue weighted by Crippen LogP contribution is 2.23. The lowest BCUT2D eigenvalue weighted by atomic mass is 10.1. The average molecular weight is 234 g/mol. The fourth-order valence-corrected chi connectivity index (χ4v) is 2.07. The molecule has 3 N–H and O–H groups in total. The molecule has 1 amide bonds. The molecule has 4 nitrogen and oxygen atoms in total. The molecule has 1 fully saturated rings. The lowest BCUT2D eigenvalue weighted by molar-refractivity contribution is 0.0572. The lowest BCUT2D eigenvalue weighted by Crippen LogP contribution is -2.33. The van der Waals surface area contributed by atoms with E-state index in [1.807, 2.05) is 13.0 Å². The van der Waals surface area contributed by atoms with E-state index < -0.39 is 5.60 Å². The zero-order valence-electron chi connectivity index (χ0n) is 10.2. The summed E-state index contributed by atoms with van der Waals surface area (Å²) >= 11 is 0. The molecule has 92 valence electrons. The van der Waals surface area contributed by atoms with Crippen LogP contribution in [-0.2, 0) is 0 Å². The molecule has 0 bridgehead atoms. The molecule has 1 atom stereocenters. The maximum atomic E-state index is 12.2. The van der Waals surface area contributed by atoms with Gasteiger partial charge in [-0.05, 0) is 38.0 Å². The van der Waals surface area contributed by atoms with Crippen LogP contribution in [0, 0.1) is 6.92 Å². The molecule has 1 aromatic carbocycles. The summed E-state index contributed by atoms with van der Waals surface area (Å²) in [4.78, 5) is 13.8. The van der Waals surface area contributed by atoms with Gasteiger partial charge in [0.25, 0.3) is 5.91 Å². The van der Waals surface area contributed by atoms with Crippen LogP contribution in [0.15, 0.2) is 18.2 Å². The highest BCUT2D eigenvalue weighted by Gasteiger charge is 2.34. The molecule has 17 heavy (non-hydrogen) atoms. The van der Waals surface area contributed by atoms with E-state index in [1.54, 1.807) is 24.0 Å². The van der Waals surface area contributed by atoms with Gasteiger partial charge in [0.15, 0.2) is 0 Å². The van der Waals surface area contributed by atoms with Crippen molar-refractivity contribution >= 4 is 11.6 Å². The first-order valence-electron chi connectivity index (χ1n) is 5.77. The normalized spacial score (nSPS) is 24.1. The fourth-order valence-electron chi connectivity index (χ4n) is 2.07. The molecule has 0 saturated carbocycles. The quantitative estimate of drug-likeness (QED) is 0.717. The van der Waals surface area contributed by atoms with Crippen molar-refractivity contribution in [3.63, 3.8) is 0 Å². The average Bonchev–Trinajstić information content (AvgIpc) is 2.62. The van der Waals surface area contributed by atoms with Crippen molar-refractivity contribution in [3.05, 3.63) is 29.3 Å². The Labute approximate surface area is 101 Å². The second-order valence-corrected chi connectivity index (χ2v) is 5.05. The van der Waals surface area contributed by atoms with Crippen LogP contribution in [-0.4, -0.2) is 34.6 Å². The van der Waals surface area contributed by atoms with E-state index in [9.17, 15) is 9.90 Å². The number of benzene rings is 1. The monoisotopic (exact) mass is 234 g/mol. The Bertz CT molecular complexity index is 455. The molecule has 1 heterocycles. The minimum Gasteiger partial charge on any atom is -0.398 e. The molecule has 1 saturated heterocycles. The van der Waals surface area contributed by atoms with Crippen LogP contribution in [0.1, 0.15) is 29.3 Å². The molecule has 1 aromatic rings. The number of amides is 1. The summed E-state index contributed by atoms with van der Waals surface area (Å²) in [6.07, 6.45) is 0.625. The summed E-state index contributed by atoms with van der Waals surface area (Å²) in [6, 6.07) is 5.32. The SMILES string of the molecule is Cc1ccc(C(=O)N2CCC(C)(O)C2)cc1N. The molecule has 1 unspecified atom stereocenters. The number of hydrogen-bond acceptors (Lipinski definition) is 3. The van der Waals surface area contributed by atoms with E-state index in [0.29, 0.717) is 30.8 Å². The summed E-state index contributed by atoms with van der Waals surface area (Å²) in [6.45, 7) is 4.65. The zero-order chi connectivity index (χ0) is 12.6. The maximum absolute atomic E-state index is 12.2. The Morgan fingerprint density at radius 2 is 2.24 bits per heavy atom. The highest BCUT2D eigenvalue weighted by molar-refractivity contribution is 5.95. The predicted octanol–water partition coefficient (Wildman–Crippen LogP) is 1.17.